The molecule has 1 aromatic carbocycles. The highest BCUT2D eigenvalue weighted by Gasteiger charge is 2.35. The van der Waals surface area contributed by atoms with Crippen molar-refractivity contribution >= 4 is 0 Å². The zero-order chi connectivity index (χ0) is 16.5. The van der Waals surface area contributed by atoms with Gasteiger partial charge in [-0.05, 0) is 69.5 Å². The Kier molecular flexibility index (Phi) is 5.17. The lowest BCUT2D eigenvalue weighted by Gasteiger charge is -2.39. The van der Waals surface area contributed by atoms with Gasteiger partial charge in [0.2, 0.25) is 0 Å². The Morgan fingerprint density at radius 1 is 1.18 bits per heavy atom. The molecule has 124 valence electrons. The van der Waals surface area contributed by atoms with E-state index in [1.54, 1.807) is 13.2 Å². The van der Waals surface area contributed by atoms with Gasteiger partial charge in [0, 0.05) is 13.2 Å². The van der Waals surface area contributed by atoms with Gasteiger partial charge in [-0.15, -0.1) is 0 Å². The molecule has 0 spiro atoms. The maximum Gasteiger partial charge on any atom is 0.416 e. The summed E-state index contributed by atoms with van der Waals surface area (Å²) in [6.45, 7) is 1.89. The van der Waals surface area contributed by atoms with Gasteiger partial charge in [0.05, 0.1) is 11.7 Å². The van der Waals surface area contributed by atoms with Gasteiger partial charge >= 0.3 is 6.18 Å². The third-order valence-electron chi connectivity index (χ3n) is 4.77. The number of aryl methyl sites for hydroxylation is 1. The fraction of sp³-hybridized carbons (Fsp3) is 0.647. The van der Waals surface area contributed by atoms with Crippen LogP contribution >= 0.6 is 0 Å². The van der Waals surface area contributed by atoms with Gasteiger partial charge in [0.25, 0.3) is 0 Å². The minimum Gasteiger partial charge on any atom is -0.380 e. The summed E-state index contributed by atoms with van der Waals surface area (Å²) < 4.78 is 44.4. The zero-order valence-electron chi connectivity index (χ0n) is 13.6. The second-order valence-electron chi connectivity index (χ2n) is 6.38. The molecule has 0 unspecified atom stereocenters. The van der Waals surface area contributed by atoms with Crippen LogP contribution in [0.4, 0.5) is 13.2 Å². The summed E-state index contributed by atoms with van der Waals surface area (Å²) in [5.41, 5.74) is 1.21. The Morgan fingerprint density at radius 3 is 2.41 bits per heavy atom. The quantitative estimate of drug-likeness (QED) is 0.828. The fourth-order valence-electron chi connectivity index (χ4n) is 3.48. The molecule has 2 nitrogen and oxygen atoms in total. The minimum atomic E-state index is -4.28. The zero-order valence-corrected chi connectivity index (χ0v) is 13.6. The summed E-state index contributed by atoms with van der Waals surface area (Å²) in [7, 11) is 5.70. The Balaban J connectivity index is 2.28. The lowest BCUT2D eigenvalue weighted by Crippen LogP contribution is -2.44. The summed E-state index contributed by atoms with van der Waals surface area (Å²) in [5, 5.41) is 0. The molecule has 0 aromatic heterocycles. The number of hydrogen-bond acceptors (Lipinski definition) is 2. The third kappa shape index (κ3) is 3.63. The number of likely N-dealkylation sites (N-methyl/N-ethyl adjacent to an activating group) is 1. The maximum absolute atomic E-state index is 13.0. The molecule has 22 heavy (non-hydrogen) atoms. The van der Waals surface area contributed by atoms with Crippen molar-refractivity contribution in [1.29, 1.82) is 0 Å². The van der Waals surface area contributed by atoms with Crippen LogP contribution in [0.2, 0.25) is 0 Å². The molecule has 1 aliphatic carbocycles. The predicted molar refractivity (Wildman–Crippen MR) is 81.0 cm³/mol. The third-order valence-corrected chi connectivity index (χ3v) is 4.77. The van der Waals surface area contributed by atoms with Crippen molar-refractivity contribution in [1.82, 2.24) is 4.90 Å². The van der Waals surface area contributed by atoms with E-state index in [0.29, 0.717) is 0 Å². The van der Waals surface area contributed by atoms with E-state index < -0.39 is 11.7 Å². The number of halogens is 3. The Morgan fingerprint density at radius 2 is 1.86 bits per heavy atom. The fourth-order valence-corrected chi connectivity index (χ4v) is 3.48. The lowest BCUT2D eigenvalue weighted by atomic mass is 9.77. The number of ether oxygens (including phenoxy) is 1. The summed E-state index contributed by atoms with van der Waals surface area (Å²) in [6.07, 6.45) is -1.57. The van der Waals surface area contributed by atoms with Gasteiger partial charge in [0.1, 0.15) is 0 Å². The van der Waals surface area contributed by atoms with Gasteiger partial charge in [-0.2, -0.15) is 13.2 Å². The lowest BCUT2D eigenvalue weighted by molar-refractivity contribution is -0.137. The molecule has 5 heteroatoms. The Labute approximate surface area is 130 Å². The van der Waals surface area contributed by atoms with Crippen LogP contribution < -0.4 is 0 Å². The first-order valence-corrected chi connectivity index (χ1v) is 7.61. The van der Waals surface area contributed by atoms with E-state index in [1.807, 2.05) is 21.0 Å². The van der Waals surface area contributed by atoms with Crippen molar-refractivity contribution in [3.05, 3.63) is 34.9 Å². The summed E-state index contributed by atoms with van der Waals surface area (Å²) >= 11 is 0. The van der Waals surface area contributed by atoms with Crippen LogP contribution in [0.3, 0.4) is 0 Å². The number of benzene rings is 1. The Bertz CT molecular complexity index is 513. The largest absolute Gasteiger partial charge is 0.416 e. The SMILES string of the molecule is CO[C@H]1CC[C@H](c2cc(C(F)(F)F)ccc2C)C[C@@H]1N(C)C. The van der Waals surface area contributed by atoms with Crippen LogP contribution in [0.1, 0.15) is 41.9 Å². The summed E-state index contributed by atoms with van der Waals surface area (Å²) in [4.78, 5) is 2.11. The van der Waals surface area contributed by atoms with Gasteiger partial charge in [-0.1, -0.05) is 6.07 Å². The second kappa shape index (κ2) is 6.59. The molecule has 0 heterocycles. The number of alkyl halides is 3. The molecule has 0 N–H and O–H groups in total. The van der Waals surface area contributed by atoms with Crippen molar-refractivity contribution in [2.45, 2.75) is 50.4 Å². The van der Waals surface area contributed by atoms with E-state index in [0.717, 1.165) is 30.4 Å². The van der Waals surface area contributed by atoms with E-state index in [-0.39, 0.29) is 18.1 Å². The van der Waals surface area contributed by atoms with Crippen molar-refractivity contribution in [2.75, 3.05) is 21.2 Å². The molecule has 3 atom stereocenters. The molecule has 0 aliphatic heterocycles. The van der Waals surface area contributed by atoms with Crippen molar-refractivity contribution in [2.24, 2.45) is 0 Å². The van der Waals surface area contributed by atoms with Crippen LogP contribution in [0.5, 0.6) is 0 Å². The van der Waals surface area contributed by atoms with Gasteiger partial charge in [-0.3, -0.25) is 0 Å². The highest BCUT2D eigenvalue weighted by Crippen LogP contribution is 2.39. The minimum absolute atomic E-state index is 0.150. The first kappa shape index (κ1) is 17.3. The van der Waals surface area contributed by atoms with E-state index in [1.165, 1.54) is 12.1 Å². The second-order valence-corrected chi connectivity index (χ2v) is 6.38. The van der Waals surface area contributed by atoms with E-state index in [2.05, 4.69) is 4.90 Å². The van der Waals surface area contributed by atoms with Gasteiger partial charge in [-0.25, -0.2) is 0 Å². The first-order chi connectivity index (χ1) is 10.2. The van der Waals surface area contributed by atoms with E-state index >= 15 is 0 Å². The highest BCUT2D eigenvalue weighted by atomic mass is 19.4. The molecule has 1 saturated carbocycles. The van der Waals surface area contributed by atoms with E-state index in [4.69, 9.17) is 4.74 Å². The van der Waals surface area contributed by atoms with Crippen LogP contribution in [0, 0.1) is 6.92 Å². The van der Waals surface area contributed by atoms with Gasteiger partial charge < -0.3 is 9.64 Å². The maximum atomic E-state index is 13.0. The van der Waals surface area contributed by atoms with Crippen molar-refractivity contribution in [3.63, 3.8) is 0 Å². The van der Waals surface area contributed by atoms with Crippen LogP contribution in [0.15, 0.2) is 18.2 Å². The molecule has 1 aliphatic rings. The topological polar surface area (TPSA) is 12.5 Å². The molecule has 0 saturated heterocycles. The predicted octanol–water partition coefficient (Wildman–Crippen LogP) is 4.23. The Hall–Kier alpha value is -1.07. The van der Waals surface area contributed by atoms with Crippen LogP contribution in [-0.2, 0) is 10.9 Å². The van der Waals surface area contributed by atoms with Crippen molar-refractivity contribution < 1.29 is 17.9 Å². The molecule has 0 bridgehead atoms. The average Bonchev–Trinajstić information content (AvgIpc) is 2.45. The molecular weight excluding hydrogens is 291 g/mol. The highest BCUT2D eigenvalue weighted by molar-refractivity contribution is 5.35. The molecular formula is C17H24F3NO. The normalized spacial score (nSPS) is 26.5. The van der Waals surface area contributed by atoms with Crippen LogP contribution in [0.25, 0.3) is 0 Å². The smallest absolute Gasteiger partial charge is 0.380 e. The molecule has 0 radical (unpaired) electrons. The van der Waals surface area contributed by atoms with Crippen molar-refractivity contribution in [3.8, 4) is 0 Å². The van der Waals surface area contributed by atoms with E-state index in [9.17, 15) is 13.2 Å². The van der Waals surface area contributed by atoms with Gasteiger partial charge in [0.15, 0.2) is 0 Å². The van der Waals surface area contributed by atoms with Crippen LogP contribution in [-0.4, -0.2) is 38.3 Å². The molecule has 2 rings (SSSR count). The summed E-state index contributed by atoms with van der Waals surface area (Å²) in [5.74, 6) is 0.154. The number of rotatable bonds is 3. The summed E-state index contributed by atoms with van der Waals surface area (Å²) in [6, 6.07) is 4.33. The molecule has 0 amide bonds. The number of hydrogen-bond donors (Lipinski definition) is 0. The monoisotopic (exact) mass is 315 g/mol. The first-order valence-electron chi connectivity index (χ1n) is 7.61. The average molecular weight is 315 g/mol. The molecule has 1 aromatic rings. The number of nitrogens with zero attached hydrogens (tertiary/aromatic N) is 1. The standard InChI is InChI=1S/C17H24F3NO/c1-11-5-7-13(17(18,19)20)10-14(11)12-6-8-16(22-4)15(9-12)21(2)3/h5,7,10,12,15-16H,6,8-9H2,1-4H3/t12-,15-,16-/m0/s1. The molecule has 1 fully saturated rings. The number of methoxy groups -OCH3 is 1.